The van der Waals surface area contributed by atoms with Crippen LogP contribution < -0.4 is 10.6 Å². The molecule has 2 aliphatic heterocycles. The fourth-order valence-electron chi connectivity index (χ4n) is 3.06. The first-order valence-electron chi connectivity index (χ1n) is 6.55. The summed E-state index contributed by atoms with van der Waals surface area (Å²) in [5.41, 5.74) is 0.418. The van der Waals surface area contributed by atoms with E-state index in [1.54, 1.807) is 6.07 Å². The molecule has 1 aromatic carbocycles. The van der Waals surface area contributed by atoms with Crippen LogP contribution in [-0.2, 0) is 4.79 Å². The van der Waals surface area contributed by atoms with Gasteiger partial charge in [-0.1, -0.05) is 0 Å². The van der Waals surface area contributed by atoms with Gasteiger partial charge in [-0.25, -0.2) is 0 Å². The second-order valence-electron chi connectivity index (χ2n) is 5.30. The van der Waals surface area contributed by atoms with Crippen molar-refractivity contribution in [2.45, 2.75) is 31.3 Å². The van der Waals surface area contributed by atoms with Crippen LogP contribution in [-0.4, -0.2) is 22.9 Å². The minimum absolute atomic E-state index is 0.0328. The molecule has 0 saturated carbocycles. The average molecular weight is 340 g/mol. The van der Waals surface area contributed by atoms with E-state index in [1.165, 1.54) is 12.1 Å². The Balaban J connectivity index is 1.75. The zero-order valence-electron chi connectivity index (χ0n) is 10.6. The van der Waals surface area contributed by atoms with Gasteiger partial charge < -0.3 is 10.6 Å². The molecule has 0 aliphatic carbocycles. The van der Waals surface area contributed by atoms with Crippen molar-refractivity contribution in [3.05, 3.63) is 32.8 Å². The SMILES string of the molecule is O=C(Nc1cc([N+](=O)[O-])ccc1Br)C1CC2CCC1N2. The normalized spacial score (nSPS) is 27.6. The van der Waals surface area contributed by atoms with E-state index in [4.69, 9.17) is 0 Å². The van der Waals surface area contributed by atoms with E-state index in [1.807, 2.05) is 0 Å². The molecule has 2 heterocycles. The number of nitrogens with zero attached hydrogens (tertiary/aromatic N) is 1. The summed E-state index contributed by atoms with van der Waals surface area (Å²) in [6.07, 6.45) is 3.01. The van der Waals surface area contributed by atoms with Crippen molar-refractivity contribution in [2.75, 3.05) is 5.32 Å². The van der Waals surface area contributed by atoms with Gasteiger partial charge in [0.2, 0.25) is 5.91 Å². The maximum absolute atomic E-state index is 12.3. The van der Waals surface area contributed by atoms with E-state index in [2.05, 4.69) is 26.6 Å². The van der Waals surface area contributed by atoms with Gasteiger partial charge in [-0.3, -0.25) is 14.9 Å². The zero-order valence-corrected chi connectivity index (χ0v) is 12.2. The Bertz CT molecular complexity index is 578. The third kappa shape index (κ3) is 2.43. The number of nitro groups is 1. The molecule has 2 bridgehead atoms. The van der Waals surface area contributed by atoms with Gasteiger partial charge in [0.15, 0.2) is 0 Å². The average Bonchev–Trinajstić information content (AvgIpc) is 3.03. The highest BCUT2D eigenvalue weighted by Crippen LogP contribution is 2.35. The van der Waals surface area contributed by atoms with Crippen molar-refractivity contribution >= 4 is 33.2 Å². The van der Waals surface area contributed by atoms with Crippen LogP contribution in [0.3, 0.4) is 0 Å². The number of amides is 1. The van der Waals surface area contributed by atoms with Crippen LogP contribution in [0.5, 0.6) is 0 Å². The fraction of sp³-hybridized carbons (Fsp3) is 0.462. The molecule has 3 atom stereocenters. The van der Waals surface area contributed by atoms with Gasteiger partial charge in [-0.05, 0) is 41.3 Å². The first-order chi connectivity index (χ1) is 9.54. The molecule has 2 fully saturated rings. The first-order valence-corrected chi connectivity index (χ1v) is 7.35. The minimum Gasteiger partial charge on any atom is -0.325 e. The Hall–Kier alpha value is -1.47. The fourth-order valence-corrected chi connectivity index (χ4v) is 3.41. The lowest BCUT2D eigenvalue weighted by Gasteiger charge is -2.19. The van der Waals surface area contributed by atoms with Crippen molar-refractivity contribution in [3.8, 4) is 0 Å². The van der Waals surface area contributed by atoms with E-state index >= 15 is 0 Å². The second-order valence-corrected chi connectivity index (χ2v) is 6.15. The maximum atomic E-state index is 12.3. The molecular formula is C13H14BrN3O3. The molecule has 2 saturated heterocycles. The number of carbonyl (C=O) groups excluding carboxylic acids is 1. The molecule has 1 amide bonds. The third-order valence-corrected chi connectivity index (χ3v) is 4.75. The largest absolute Gasteiger partial charge is 0.325 e. The summed E-state index contributed by atoms with van der Waals surface area (Å²) in [6, 6.07) is 5.05. The molecule has 0 aromatic heterocycles. The summed E-state index contributed by atoms with van der Waals surface area (Å²) in [7, 11) is 0. The lowest BCUT2D eigenvalue weighted by Crippen LogP contribution is -2.32. The summed E-state index contributed by atoms with van der Waals surface area (Å²) in [5, 5.41) is 17.0. The lowest BCUT2D eigenvalue weighted by molar-refractivity contribution is -0.384. The number of anilines is 1. The molecule has 3 rings (SSSR count). The Morgan fingerprint density at radius 2 is 2.25 bits per heavy atom. The molecular weight excluding hydrogens is 326 g/mol. The number of nitro benzene ring substituents is 1. The van der Waals surface area contributed by atoms with E-state index in [9.17, 15) is 14.9 Å². The highest BCUT2D eigenvalue weighted by Gasteiger charge is 2.42. The predicted octanol–water partition coefficient (Wildman–Crippen LogP) is 2.44. The summed E-state index contributed by atoms with van der Waals surface area (Å²) in [5.74, 6) is -0.106. The Morgan fingerprint density at radius 1 is 1.45 bits per heavy atom. The quantitative estimate of drug-likeness (QED) is 0.654. The number of benzene rings is 1. The standard InChI is InChI=1S/C13H14BrN3O3/c14-10-3-2-8(17(19)20)6-12(10)16-13(18)9-5-7-1-4-11(9)15-7/h2-3,6-7,9,11,15H,1,4-5H2,(H,16,18). The molecule has 6 nitrogen and oxygen atoms in total. The van der Waals surface area contributed by atoms with Crippen LogP contribution >= 0.6 is 15.9 Å². The van der Waals surface area contributed by atoms with Crippen molar-refractivity contribution < 1.29 is 9.72 Å². The number of hydrogen-bond acceptors (Lipinski definition) is 4. The molecule has 2 aliphatic rings. The summed E-state index contributed by atoms with van der Waals surface area (Å²) in [4.78, 5) is 22.6. The number of rotatable bonds is 3. The lowest BCUT2D eigenvalue weighted by atomic mass is 9.88. The number of nitrogens with one attached hydrogen (secondary N) is 2. The van der Waals surface area contributed by atoms with Crippen LogP contribution in [0.1, 0.15) is 19.3 Å². The van der Waals surface area contributed by atoms with Crippen LogP contribution in [0.25, 0.3) is 0 Å². The highest BCUT2D eigenvalue weighted by atomic mass is 79.9. The van der Waals surface area contributed by atoms with Gasteiger partial charge in [0.25, 0.3) is 5.69 Å². The number of carbonyl (C=O) groups is 1. The van der Waals surface area contributed by atoms with Gasteiger partial charge >= 0.3 is 0 Å². The smallest absolute Gasteiger partial charge is 0.271 e. The van der Waals surface area contributed by atoms with Crippen LogP contribution in [0.4, 0.5) is 11.4 Å². The van der Waals surface area contributed by atoms with Gasteiger partial charge in [0.1, 0.15) is 0 Å². The third-order valence-electron chi connectivity index (χ3n) is 4.06. The maximum Gasteiger partial charge on any atom is 0.271 e. The monoisotopic (exact) mass is 339 g/mol. The van der Waals surface area contributed by atoms with E-state index < -0.39 is 4.92 Å². The van der Waals surface area contributed by atoms with Crippen LogP contribution in [0.15, 0.2) is 22.7 Å². The van der Waals surface area contributed by atoms with Crippen molar-refractivity contribution in [2.24, 2.45) is 5.92 Å². The topological polar surface area (TPSA) is 84.3 Å². The summed E-state index contributed by atoms with van der Waals surface area (Å²) in [6.45, 7) is 0. The molecule has 2 N–H and O–H groups in total. The molecule has 0 radical (unpaired) electrons. The molecule has 1 aromatic rings. The Kier molecular flexibility index (Phi) is 3.47. The number of non-ortho nitro benzene ring substituents is 1. The summed E-state index contributed by atoms with van der Waals surface area (Å²) >= 11 is 3.30. The number of fused-ring (bicyclic) bond motifs is 2. The molecule has 0 spiro atoms. The van der Waals surface area contributed by atoms with Gasteiger partial charge in [0, 0.05) is 28.7 Å². The molecule has 3 unspecified atom stereocenters. The number of halogens is 1. The van der Waals surface area contributed by atoms with Gasteiger partial charge in [-0.15, -0.1) is 0 Å². The second kappa shape index (κ2) is 5.14. The Labute approximate surface area is 124 Å². The van der Waals surface area contributed by atoms with Crippen LogP contribution in [0.2, 0.25) is 0 Å². The highest BCUT2D eigenvalue weighted by molar-refractivity contribution is 9.10. The zero-order chi connectivity index (χ0) is 14.3. The van der Waals surface area contributed by atoms with Gasteiger partial charge in [0.05, 0.1) is 16.5 Å². The first kappa shape index (κ1) is 13.5. The Morgan fingerprint density at radius 3 is 2.85 bits per heavy atom. The molecule has 7 heteroatoms. The minimum atomic E-state index is -0.471. The molecule has 20 heavy (non-hydrogen) atoms. The predicted molar refractivity (Wildman–Crippen MR) is 77.5 cm³/mol. The van der Waals surface area contributed by atoms with E-state index in [-0.39, 0.29) is 23.6 Å². The van der Waals surface area contributed by atoms with Crippen molar-refractivity contribution in [1.82, 2.24) is 5.32 Å². The molecule has 106 valence electrons. The van der Waals surface area contributed by atoms with Gasteiger partial charge in [-0.2, -0.15) is 0 Å². The van der Waals surface area contributed by atoms with E-state index in [0.717, 1.165) is 19.3 Å². The van der Waals surface area contributed by atoms with Crippen LogP contribution in [0, 0.1) is 16.0 Å². The number of hydrogen-bond donors (Lipinski definition) is 2. The summed E-state index contributed by atoms with van der Waals surface area (Å²) < 4.78 is 0.646. The van der Waals surface area contributed by atoms with E-state index in [0.29, 0.717) is 16.2 Å². The van der Waals surface area contributed by atoms with Crippen molar-refractivity contribution in [3.63, 3.8) is 0 Å². The van der Waals surface area contributed by atoms with Crippen molar-refractivity contribution in [1.29, 1.82) is 0 Å².